The Balaban J connectivity index is 2.87. The molecule has 1 aromatic rings. The van der Waals surface area contributed by atoms with Crippen LogP contribution in [0, 0.1) is 0 Å². The lowest BCUT2D eigenvalue weighted by Gasteiger charge is -2.17. The average Bonchev–Trinajstić information content (AvgIpc) is 2.24. The van der Waals surface area contributed by atoms with Crippen molar-refractivity contribution in [3.8, 4) is 0 Å². The summed E-state index contributed by atoms with van der Waals surface area (Å²) in [5, 5.41) is 3.18. The molecule has 6 heteroatoms. The van der Waals surface area contributed by atoms with Gasteiger partial charge in [-0.15, -0.1) is 0 Å². The predicted molar refractivity (Wildman–Crippen MR) is 66.2 cm³/mol. The lowest BCUT2D eigenvalue weighted by molar-refractivity contribution is -0.138. The molecule has 0 spiro atoms. The number of hydrogen-bond donors (Lipinski definition) is 1. The molecule has 1 rings (SSSR count). The van der Waals surface area contributed by atoms with Gasteiger partial charge in [-0.3, -0.25) is 4.79 Å². The van der Waals surface area contributed by atoms with Crippen LogP contribution in [0.4, 0.5) is 5.82 Å². The van der Waals surface area contributed by atoms with Crippen LogP contribution < -0.4 is 5.32 Å². The Morgan fingerprint density at radius 1 is 1.47 bits per heavy atom. The first-order chi connectivity index (χ1) is 7.82. The fourth-order valence-electron chi connectivity index (χ4n) is 1.08. The lowest BCUT2D eigenvalue weighted by atomic mass is 9.96. The van der Waals surface area contributed by atoms with E-state index in [9.17, 15) is 4.79 Å². The Hall–Kier alpha value is -1.36. The number of rotatable bonds is 3. The van der Waals surface area contributed by atoms with E-state index in [4.69, 9.17) is 11.6 Å². The Labute approximate surface area is 106 Å². The molecule has 5 nitrogen and oxygen atoms in total. The highest BCUT2D eigenvalue weighted by atomic mass is 35.5. The van der Waals surface area contributed by atoms with Crippen LogP contribution in [0.3, 0.4) is 0 Å². The zero-order valence-electron chi connectivity index (χ0n) is 10.4. The van der Waals surface area contributed by atoms with Crippen molar-refractivity contribution < 1.29 is 9.53 Å². The second-order valence-electron chi connectivity index (χ2n) is 4.58. The fourth-order valence-corrected chi connectivity index (χ4v) is 1.26. The van der Waals surface area contributed by atoms with E-state index in [1.807, 2.05) is 20.8 Å². The fraction of sp³-hybridized carbons (Fsp3) is 0.545. The Morgan fingerprint density at radius 2 is 2.12 bits per heavy atom. The summed E-state index contributed by atoms with van der Waals surface area (Å²) in [6, 6.07) is 1.57. The van der Waals surface area contributed by atoms with Crippen LogP contribution in [0.5, 0.6) is 0 Å². The van der Waals surface area contributed by atoms with Gasteiger partial charge in [-0.1, -0.05) is 32.4 Å². The maximum atomic E-state index is 11.0. The largest absolute Gasteiger partial charge is 0.468 e. The first-order valence-corrected chi connectivity index (χ1v) is 5.56. The summed E-state index contributed by atoms with van der Waals surface area (Å²) in [4.78, 5) is 19.4. The highest BCUT2D eigenvalue weighted by Crippen LogP contribution is 2.22. The summed E-state index contributed by atoms with van der Waals surface area (Å²) in [5.74, 6) is 0.773. The molecular weight excluding hydrogens is 242 g/mol. The van der Waals surface area contributed by atoms with Crippen LogP contribution in [0.1, 0.15) is 26.6 Å². The molecular formula is C11H16ClN3O2. The Kier molecular flexibility index (Phi) is 4.28. The van der Waals surface area contributed by atoms with Gasteiger partial charge >= 0.3 is 5.97 Å². The monoisotopic (exact) mass is 257 g/mol. The number of nitrogens with zero attached hydrogens (tertiary/aromatic N) is 2. The first kappa shape index (κ1) is 13.7. The number of carbonyl (C=O) groups excluding carboxylic acids is 1. The minimum Gasteiger partial charge on any atom is -0.468 e. The molecule has 0 unspecified atom stereocenters. The van der Waals surface area contributed by atoms with Gasteiger partial charge in [0.2, 0.25) is 0 Å². The molecule has 0 aliphatic heterocycles. The van der Waals surface area contributed by atoms with Crippen molar-refractivity contribution in [3.63, 3.8) is 0 Å². The Morgan fingerprint density at radius 3 is 2.65 bits per heavy atom. The molecule has 1 N–H and O–H groups in total. The number of nitrogens with one attached hydrogen (secondary N) is 1. The Bertz CT molecular complexity index is 416. The molecule has 0 aliphatic rings. The quantitative estimate of drug-likeness (QED) is 0.663. The molecule has 0 bridgehead atoms. The number of methoxy groups -OCH3 is 1. The van der Waals surface area contributed by atoms with E-state index >= 15 is 0 Å². The SMILES string of the molecule is COC(=O)CNc1cc(Cl)nc(C(C)(C)C)n1. The maximum absolute atomic E-state index is 11.0. The summed E-state index contributed by atoms with van der Waals surface area (Å²) in [7, 11) is 1.33. The topological polar surface area (TPSA) is 64.1 Å². The van der Waals surface area contributed by atoms with Crippen molar-refractivity contribution in [2.24, 2.45) is 0 Å². The normalized spacial score (nSPS) is 11.1. The zero-order valence-corrected chi connectivity index (χ0v) is 11.1. The van der Waals surface area contributed by atoms with Crippen molar-refractivity contribution >= 4 is 23.4 Å². The van der Waals surface area contributed by atoms with E-state index in [-0.39, 0.29) is 17.9 Å². The molecule has 0 fully saturated rings. The molecule has 0 saturated carbocycles. The van der Waals surface area contributed by atoms with Crippen LogP contribution in [-0.2, 0) is 14.9 Å². The molecule has 1 aromatic heterocycles. The van der Waals surface area contributed by atoms with E-state index < -0.39 is 0 Å². The third-order valence-electron chi connectivity index (χ3n) is 2.01. The number of esters is 1. The standard InChI is InChI=1S/C11H16ClN3O2/c1-11(2,3)10-14-7(12)5-8(15-10)13-6-9(16)17-4/h5H,6H2,1-4H3,(H,13,14,15). The third-order valence-corrected chi connectivity index (χ3v) is 2.20. The summed E-state index contributed by atoms with van der Waals surface area (Å²) in [5.41, 5.74) is -0.202. The molecule has 17 heavy (non-hydrogen) atoms. The molecule has 1 heterocycles. The molecule has 94 valence electrons. The first-order valence-electron chi connectivity index (χ1n) is 5.18. The summed E-state index contributed by atoms with van der Waals surface area (Å²) in [6.45, 7) is 6.02. The average molecular weight is 258 g/mol. The molecule has 0 atom stereocenters. The van der Waals surface area contributed by atoms with E-state index in [1.54, 1.807) is 6.07 Å². The van der Waals surface area contributed by atoms with Gasteiger partial charge in [0.05, 0.1) is 7.11 Å². The van der Waals surface area contributed by atoms with Crippen molar-refractivity contribution in [1.29, 1.82) is 0 Å². The van der Waals surface area contributed by atoms with Crippen LogP contribution >= 0.6 is 11.6 Å². The second-order valence-corrected chi connectivity index (χ2v) is 4.97. The van der Waals surface area contributed by atoms with Crippen LogP contribution in [0.25, 0.3) is 0 Å². The molecule has 0 radical (unpaired) electrons. The van der Waals surface area contributed by atoms with E-state index in [0.717, 1.165) is 0 Å². The van der Waals surface area contributed by atoms with Gasteiger partial charge in [0, 0.05) is 11.5 Å². The summed E-state index contributed by atoms with van der Waals surface area (Å²) >= 11 is 5.90. The van der Waals surface area contributed by atoms with Crippen LogP contribution in [0.2, 0.25) is 5.15 Å². The van der Waals surface area contributed by atoms with Crippen molar-refractivity contribution in [3.05, 3.63) is 17.0 Å². The molecule has 0 saturated heterocycles. The minimum atomic E-state index is -0.364. The lowest BCUT2D eigenvalue weighted by Crippen LogP contribution is -2.20. The van der Waals surface area contributed by atoms with Crippen molar-refractivity contribution in [2.45, 2.75) is 26.2 Å². The van der Waals surface area contributed by atoms with E-state index in [0.29, 0.717) is 16.8 Å². The van der Waals surface area contributed by atoms with Gasteiger partial charge in [0.15, 0.2) is 0 Å². The number of ether oxygens (including phenoxy) is 1. The van der Waals surface area contributed by atoms with Gasteiger partial charge in [0.25, 0.3) is 0 Å². The third kappa shape index (κ3) is 4.19. The number of aromatic nitrogens is 2. The van der Waals surface area contributed by atoms with Gasteiger partial charge < -0.3 is 10.1 Å². The van der Waals surface area contributed by atoms with Crippen LogP contribution in [0.15, 0.2) is 6.07 Å². The van der Waals surface area contributed by atoms with Gasteiger partial charge in [-0.25, -0.2) is 9.97 Å². The molecule has 0 aromatic carbocycles. The van der Waals surface area contributed by atoms with E-state index in [2.05, 4.69) is 20.0 Å². The van der Waals surface area contributed by atoms with E-state index in [1.165, 1.54) is 7.11 Å². The van der Waals surface area contributed by atoms with Crippen molar-refractivity contribution in [1.82, 2.24) is 9.97 Å². The number of halogens is 1. The molecule has 0 amide bonds. The van der Waals surface area contributed by atoms with Gasteiger partial charge in [-0.05, 0) is 0 Å². The number of carbonyl (C=O) groups is 1. The highest BCUT2D eigenvalue weighted by molar-refractivity contribution is 6.29. The maximum Gasteiger partial charge on any atom is 0.325 e. The number of hydrogen-bond acceptors (Lipinski definition) is 5. The summed E-state index contributed by atoms with van der Waals surface area (Å²) < 4.78 is 4.52. The number of anilines is 1. The van der Waals surface area contributed by atoms with Gasteiger partial charge in [0.1, 0.15) is 23.3 Å². The zero-order chi connectivity index (χ0) is 13.1. The smallest absolute Gasteiger partial charge is 0.325 e. The van der Waals surface area contributed by atoms with Gasteiger partial charge in [-0.2, -0.15) is 0 Å². The molecule has 0 aliphatic carbocycles. The highest BCUT2D eigenvalue weighted by Gasteiger charge is 2.18. The second kappa shape index (κ2) is 5.31. The van der Waals surface area contributed by atoms with Crippen molar-refractivity contribution in [2.75, 3.05) is 19.0 Å². The summed E-state index contributed by atoms with van der Waals surface area (Å²) in [6.07, 6.45) is 0. The minimum absolute atomic E-state index is 0.0490. The predicted octanol–water partition coefficient (Wildman–Crippen LogP) is 2.01. The van der Waals surface area contributed by atoms with Crippen LogP contribution in [-0.4, -0.2) is 29.6 Å².